The first kappa shape index (κ1) is 32.2. The zero-order chi connectivity index (χ0) is 28.3. The van der Waals surface area contributed by atoms with Gasteiger partial charge in [-0.2, -0.15) is 0 Å². The van der Waals surface area contributed by atoms with Crippen molar-refractivity contribution in [3.8, 4) is 17.2 Å². The average Bonchev–Trinajstić information content (AvgIpc) is 2.91. The highest BCUT2D eigenvalue weighted by molar-refractivity contribution is 6.27. The van der Waals surface area contributed by atoms with E-state index in [1.165, 1.54) is 0 Å². The summed E-state index contributed by atoms with van der Waals surface area (Å²) in [6.07, 6.45) is 3.78. The number of amides is 1. The van der Waals surface area contributed by atoms with Gasteiger partial charge in [0.2, 0.25) is 5.91 Å². The summed E-state index contributed by atoms with van der Waals surface area (Å²) >= 11 is 0. The van der Waals surface area contributed by atoms with Crippen LogP contribution >= 0.6 is 0 Å². The van der Waals surface area contributed by atoms with Gasteiger partial charge in [0.25, 0.3) is 0 Å². The summed E-state index contributed by atoms with van der Waals surface area (Å²) in [6.45, 7) is 3.45. The Morgan fingerprint density at radius 2 is 1.58 bits per heavy atom. The van der Waals surface area contributed by atoms with Crippen molar-refractivity contribution >= 4 is 23.5 Å². The number of carbonyl (C=O) groups excluding carboxylic acids is 1. The molecule has 0 aliphatic carbocycles. The number of anilines is 1. The quantitative estimate of drug-likeness (QED) is 0.169. The largest absolute Gasteiger partial charge is 0.493 e. The summed E-state index contributed by atoms with van der Waals surface area (Å²) < 4.78 is 16.2. The minimum atomic E-state index is -1.82. The monoisotopic (exact) mass is 534 g/mol. The standard InChI is InChI=1S/C25H36N2O5.C2H2O4/c1-4-5-6-7-25(29)27-20-9-11-22(12-10-20)32-18-21(28)17-26-15-14-19-8-13-23(30-2)24(16-19)31-3;3-1(4)2(5)6/h8-13,16,21,26,28H,4-7,14-15,17-18H2,1-3H3,(H,27,29);(H,3,4)(H,5,6). The number of hydrogen-bond donors (Lipinski definition) is 5. The molecule has 0 aliphatic heterocycles. The van der Waals surface area contributed by atoms with Crippen molar-refractivity contribution in [2.45, 2.75) is 45.1 Å². The molecular weight excluding hydrogens is 496 g/mol. The van der Waals surface area contributed by atoms with Gasteiger partial charge in [-0.3, -0.25) is 4.79 Å². The fourth-order valence-corrected chi connectivity index (χ4v) is 3.18. The first-order chi connectivity index (χ1) is 18.2. The Morgan fingerprint density at radius 3 is 2.16 bits per heavy atom. The molecule has 0 saturated carbocycles. The van der Waals surface area contributed by atoms with Crippen LogP contribution in [0.25, 0.3) is 0 Å². The molecule has 11 nitrogen and oxygen atoms in total. The fourth-order valence-electron chi connectivity index (χ4n) is 3.18. The van der Waals surface area contributed by atoms with E-state index in [0.29, 0.717) is 30.2 Å². The molecule has 1 atom stereocenters. The number of nitrogens with one attached hydrogen (secondary N) is 2. The van der Waals surface area contributed by atoms with Crippen LogP contribution in [0.3, 0.4) is 0 Å². The molecule has 1 amide bonds. The molecule has 2 aromatic carbocycles. The predicted molar refractivity (Wildman–Crippen MR) is 142 cm³/mol. The molecule has 0 fully saturated rings. The lowest BCUT2D eigenvalue weighted by molar-refractivity contribution is -0.159. The van der Waals surface area contributed by atoms with E-state index >= 15 is 0 Å². The lowest BCUT2D eigenvalue weighted by Gasteiger charge is -2.14. The normalized spacial score (nSPS) is 10.9. The van der Waals surface area contributed by atoms with Crippen LogP contribution in [0.1, 0.15) is 38.2 Å². The Hall–Kier alpha value is -3.83. The highest BCUT2D eigenvalue weighted by atomic mass is 16.5. The van der Waals surface area contributed by atoms with Gasteiger partial charge in [-0.15, -0.1) is 0 Å². The topological polar surface area (TPSA) is 164 Å². The first-order valence-corrected chi connectivity index (χ1v) is 12.3. The minimum absolute atomic E-state index is 0.0294. The molecule has 210 valence electrons. The second-order valence-corrected chi connectivity index (χ2v) is 8.25. The first-order valence-electron chi connectivity index (χ1n) is 12.3. The lowest BCUT2D eigenvalue weighted by atomic mass is 10.1. The van der Waals surface area contributed by atoms with Gasteiger partial charge < -0.3 is 40.2 Å². The van der Waals surface area contributed by atoms with E-state index in [0.717, 1.165) is 43.5 Å². The number of rotatable bonds is 15. The molecule has 0 saturated heterocycles. The van der Waals surface area contributed by atoms with Crippen LogP contribution < -0.4 is 24.8 Å². The SMILES string of the molecule is CCCCCC(=O)Nc1ccc(OCC(O)CNCCc2ccc(OC)c(OC)c2)cc1.O=C(O)C(=O)O. The van der Waals surface area contributed by atoms with Gasteiger partial charge in [0, 0.05) is 18.7 Å². The number of ether oxygens (including phenoxy) is 3. The van der Waals surface area contributed by atoms with Crippen molar-refractivity contribution in [2.75, 3.05) is 39.2 Å². The summed E-state index contributed by atoms with van der Waals surface area (Å²) in [5, 5.41) is 31.1. The molecule has 0 aromatic heterocycles. The second kappa shape index (κ2) is 18.4. The van der Waals surface area contributed by atoms with E-state index < -0.39 is 18.0 Å². The molecule has 0 aliphatic rings. The Bertz CT molecular complexity index is 985. The number of methoxy groups -OCH3 is 2. The van der Waals surface area contributed by atoms with Crippen LogP contribution in [-0.4, -0.2) is 73.2 Å². The number of aliphatic hydroxyl groups excluding tert-OH is 1. The van der Waals surface area contributed by atoms with Gasteiger partial charge in [0.1, 0.15) is 18.5 Å². The van der Waals surface area contributed by atoms with Crippen LogP contribution in [0.5, 0.6) is 17.2 Å². The predicted octanol–water partition coefficient (Wildman–Crippen LogP) is 2.95. The van der Waals surface area contributed by atoms with Gasteiger partial charge in [-0.25, -0.2) is 9.59 Å². The van der Waals surface area contributed by atoms with Crippen LogP contribution in [-0.2, 0) is 20.8 Å². The van der Waals surface area contributed by atoms with E-state index in [1.54, 1.807) is 38.5 Å². The van der Waals surface area contributed by atoms with Crippen LogP contribution in [0.15, 0.2) is 42.5 Å². The third-order valence-electron chi connectivity index (χ3n) is 5.19. The number of benzene rings is 2. The maximum absolute atomic E-state index is 11.9. The van der Waals surface area contributed by atoms with Crippen LogP contribution in [0.2, 0.25) is 0 Å². The van der Waals surface area contributed by atoms with Crippen LogP contribution in [0.4, 0.5) is 5.69 Å². The van der Waals surface area contributed by atoms with Crippen molar-refractivity contribution in [2.24, 2.45) is 0 Å². The number of aliphatic hydroxyl groups is 1. The molecule has 0 radical (unpaired) electrons. The third-order valence-corrected chi connectivity index (χ3v) is 5.19. The maximum atomic E-state index is 11.9. The summed E-state index contributed by atoms with van der Waals surface area (Å²) in [4.78, 5) is 30.1. The van der Waals surface area contributed by atoms with Crippen molar-refractivity contribution in [1.29, 1.82) is 0 Å². The van der Waals surface area contributed by atoms with Crippen LogP contribution in [0, 0.1) is 0 Å². The number of hydrogen-bond acceptors (Lipinski definition) is 8. The van der Waals surface area contributed by atoms with Gasteiger partial charge in [-0.1, -0.05) is 25.8 Å². The summed E-state index contributed by atoms with van der Waals surface area (Å²) in [7, 11) is 3.23. The average molecular weight is 535 g/mol. The maximum Gasteiger partial charge on any atom is 0.414 e. The van der Waals surface area contributed by atoms with Gasteiger partial charge in [-0.05, 0) is 61.3 Å². The number of unbranched alkanes of at least 4 members (excludes halogenated alkanes) is 2. The molecule has 2 aromatic rings. The molecule has 0 heterocycles. The Balaban J connectivity index is 0.00000107. The zero-order valence-corrected chi connectivity index (χ0v) is 22.1. The lowest BCUT2D eigenvalue weighted by Crippen LogP contribution is -2.32. The number of carboxylic acids is 2. The Labute approximate surface area is 222 Å². The Morgan fingerprint density at radius 1 is 0.921 bits per heavy atom. The molecule has 0 spiro atoms. The van der Waals surface area contributed by atoms with E-state index in [9.17, 15) is 9.90 Å². The molecule has 1 unspecified atom stereocenters. The van der Waals surface area contributed by atoms with Crippen molar-refractivity contribution in [1.82, 2.24) is 5.32 Å². The van der Waals surface area contributed by atoms with E-state index in [4.69, 9.17) is 34.0 Å². The molecular formula is C27H38N2O9. The van der Waals surface area contributed by atoms with Gasteiger partial charge >= 0.3 is 11.9 Å². The highest BCUT2D eigenvalue weighted by Gasteiger charge is 2.08. The molecule has 2 rings (SSSR count). The molecule has 38 heavy (non-hydrogen) atoms. The molecule has 0 bridgehead atoms. The van der Waals surface area contributed by atoms with E-state index in [1.807, 2.05) is 18.2 Å². The van der Waals surface area contributed by atoms with Gasteiger partial charge in [0.15, 0.2) is 11.5 Å². The second-order valence-electron chi connectivity index (χ2n) is 8.25. The Kier molecular flexibility index (Phi) is 15.6. The molecule has 5 N–H and O–H groups in total. The van der Waals surface area contributed by atoms with Crippen molar-refractivity contribution < 1.29 is 43.9 Å². The summed E-state index contributed by atoms with van der Waals surface area (Å²) in [5.41, 5.74) is 1.87. The fraction of sp³-hybridized carbons (Fsp3) is 0.444. The summed E-state index contributed by atoms with van der Waals surface area (Å²) in [6, 6.07) is 13.0. The number of aliphatic carboxylic acids is 2. The number of carboxylic acid groups (broad SMARTS) is 2. The van der Waals surface area contributed by atoms with E-state index in [-0.39, 0.29) is 12.5 Å². The smallest absolute Gasteiger partial charge is 0.414 e. The highest BCUT2D eigenvalue weighted by Crippen LogP contribution is 2.27. The number of carbonyl (C=O) groups is 3. The molecule has 11 heteroatoms. The van der Waals surface area contributed by atoms with Crippen molar-refractivity contribution in [3.63, 3.8) is 0 Å². The van der Waals surface area contributed by atoms with Gasteiger partial charge in [0.05, 0.1) is 14.2 Å². The summed E-state index contributed by atoms with van der Waals surface area (Å²) in [5.74, 6) is -1.55. The van der Waals surface area contributed by atoms with Crippen molar-refractivity contribution in [3.05, 3.63) is 48.0 Å². The minimum Gasteiger partial charge on any atom is -0.493 e. The third kappa shape index (κ3) is 13.5. The van der Waals surface area contributed by atoms with E-state index in [2.05, 4.69) is 17.6 Å². The zero-order valence-electron chi connectivity index (χ0n) is 22.1.